The third-order valence-corrected chi connectivity index (χ3v) is 5.51. The molecule has 0 fully saturated rings. The summed E-state index contributed by atoms with van der Waals surface area (Å²) in [6.07, 6.45) is 0. The lowest BCUT2D eigenvalue weighted by Gasteiger charge is -2.19. The first-order chi connectivity index (χ1) is 14.2. The maximum Gasteiger partial charge on any atom is 0.313 e. The van der Waals surface area contributed by atoms with Crippen molar-refractivity contribution >= 4 is 17.7 Å². The lowest BCUT2D eigenvalue weighted by molar-refractivity contribution is -0.133. The van der Waals surface area contributed by atoms with E-state index in [2.05, 4.69) is 43.1 Å². The number of thioether (sulfide) groups is 1. The summed E-state index contributed by atoms with van der Waals surface area (Å²) in [6.45, 7) is 6.48. The van der Waals surface area contributed by atoms with Gasteiger partial charge in [-0.1, -0.05) is 56.8 Å². The number of carboxylic acid groups (broad SMARTS) is 1. The number of hydrogen-bond donors (Lipinski definition) is 1. The quantitative estimate of drug-likeness (QED) is 0.558. The Morgan fingerprint density at radius 3 is 2.33 bits per heavy atom. The number of carboxylic acids is 1. The van der Waals surface area contributed by atoms with E-state index in [1.165, 1.54) is 5.56 Å². The van der Waals surface area contributed by atoms with Gasteiger partial charge in [-0.15, -0.1) is 10.2 Å². The molecule has 1 heterocycles. The van der Waals surface area contributed by atoms with Crippen molar-refractivity contribution in [1.29, 1.82) is 0 Å². The average Bonchev–Trinajstić information content (AvgIpc) is 3.14. The van der Waals surface area contributed by atoms with Crippen LogP contribution in [0.15, 0.2) is 47.6 Å². The molecule has 0 bridgehead atoms. The SMILES string of the molecule is COc1ccc(-n2c(SCC(=O)O)nnc2-c2ccc(C(C)(C)C)cc2)c(OC)c1. The standard InChI is InChI=1S/C22H25N3O4S/c1-22(2,3)15-8-6-14(7-9-15)20-23-24-21(30-13-19(26)27)25(20)17-11-10-16(28-4)12-18(17)29-5/h6-12H,13H2,1-5H3,(H,26,27). The predicted octanol–water partition coefficient (Wildman–Crippen LogP) is 4.43. The molecule has 158 valence electrons. The van der Waals surface area contributed by atoms with E-state index >= 15 is 0 Å². The van der Waals surface area contributed by atoms with Crippen molar-refractivity contribution in [3.8, 4) is 28.6 Å². The van der Waals surface area contributed by atoms with Crippen LogP contribution in [0.1, 0.15) is 26.3 Å². The maximum atomic E-state index is 11.1. The lowest BCUT2D eigenvalue weighted by atomic mass is 9.87. The van der Waals surface area contributed by atoms with Gasteiger partial charge in [-0.2, -0.15) is 0 Å². The molecule has 1 N–H and O–H groups in total. The van der Waals surface area contributed by atoms with Gasteiger partial charge in [0.15, 0.2) is 11.0 Å². The van der Waals surface area contributed by atoms with E-state index in [1.54, 1.807) is 20.3 Å². The molecule has 7 nitrogen and oxygen atoms in total. The minimum absolute atomic E-state index is 0.0356. The van der Waals surface area contributed by atoms with Crippen molar-refractivity contribution in [2.45, 2.75) is 31.3 Å². The molecule has 0 amide bonds. The molecule has 30 heavy (non-hydrogen) atoms. The molecule has 0 aliphatic heterocycles. The summed E-state index contributed by atoms with van der Waals surface area (Å²) in [4.78, 5) is 11.1. The fourth-order valence-corrected chi connectivity index (χ4v) is 3.65. The Labute approximate surface area is 180 Å². The van der Waals surface area contributed by atoms with E-state index in [4.69, 9.17) is 14.6 Å². The van der Waals surface area contributed by atoms with Gasteiger partial charge in [0.2, 0.25) is 0 Å². The van der Waals surface area contributed by atoms with Crippen LogP contribution in [-0.2, 0) is 10.2 Å². The van der Waals surface area contributed by atoms with E-state index in [-0.39, 0.29) is 11.2 Å². The van der Waals surface area contributed by atoms with Gasteiger partial charge in [0, 0.05) is 11.6 Å². The molecule has 0 spiro atoms. The summed E-state index contributed by atoms with van der Waals surface area (Å²) in [7, 11) is 3.16. The highest BCUT2D eigenvalue weighted by Gasteiger charge is 2.21. The average molecular weight is 428 g/mol. The second-order valence-electron chi connectivity index (χ2n) is 7.69. The van der Waals surface area contributed by atoms with Crippen molar-refractivity contribution < 1.29 is 19.4 Å². The van der Waals surface area contributed by atoms with E-state index in [9.17, 15) is 4.79 Å². The predicted molar refractivity (Wildman–Crippen MR) is 117 cm³/mol. The number of carbonyl (C=O) groups is 1. The Morgan fingerprint density at radius 2 is 1.77 bits per heavy atom. The van der Waals surface area contributed by atoms with Gasteiger partial charge in [0.1, 0.15) is 11.5 Å². The topological polar surface area (TPSA) is 86.5 Å². The van der Waals surface area contributed by atoms with E-state index in [0.717, 1.165) is 17.3 Å². The van der Waals surface area contributed by atoms with Crippen LogP contribution in [0.2, 0.25) is 0 Å². The summed E-state index contributed by atoms with van der Waals surface area (Å²) in [5, 5.41) is 18.2. The first kappa shape index (κ1) is 21.7. The molecule has 0 unspecified atom stereocenters. The van der Waals surface area contributed by atoms with Gasteiger partial charge in [0.05, 0.1) is 25.7 Å². The highest BCUT2D eigenvalue weighted by molar-refractivity contribution is 7.99. The number of hydrogen-bond acceptors (Lipinski definition) is 6. The van der Waals surface area contributed by atoms with E-state index in [1.807, 2.05) is 28.8 Å². The normalized spacial score (nSPS) is 11.4. The number of rotatable bonds is 7. The molecule has 3 aromatic rings. The number of benzene rings is 2. The van der Waals surface area contributed by atoms with E-state index in [0.29, 0.717) is 28.2 Å². The minimum Gasteiger partial charge on any atom is -0.497 e. The summed E-state index contributed by atoms with van der Waals surface area (Å²) < 4.78 is 12.7. The van der Waals surface area contributed by atoms with Crippen LogP contribution < -0.4 is 9.47 Å². The largest absolute Gasteiger partial charge is 0.497 e. The van der Waals surface area contributed by atoms with Gasteiger partial charge >= 0.3 is 5.97 Å². The van der Waals surface area contributed by atoms with Crippen LogP contribution in [-0.4, -0.2) is 45.8 Å². The Balaban J connectivity index is 2.15. The van der Waals surface area contributed by atoms with Crippen LogP contribution in [0.3, 0.4) is 0 Å². The molecule has 0 aliphatic carbocycles. The van der Waals surface area contributed by atoms with Crippen molar-refractivity contribution in [2.24, 2.45) is 0 Å². The molecule has 0 saturated heterocycles. The zero-order valence-corrected chi connectivity index (χ0v) is 18.5. The molecule has 2 aromatic carbocycles. The maximum absolute atomic E-state index is 11.1. The lowest BCUT2D eigenvalue weighted by Crippen LogP contribution is -2.10. The van der Waals surface area contributed by atoms with Crippen LogP contribution >= 0.6 is 11.8 Å². The third-order valence-electron chi connectivity index (χ3n) is 4.60. The van der Waals surface area contributed by atoms with Gasteiger partial charge < -0.3 is 14.6 Å². The Morgan fingerprint density at radius 1 is 1.07 bits per heavy atom. The van der Waals surface area contributed by atoms with Crippen molar-refractivity contribution in [1.82, 2.24) is 14.8 Å². The van der Waals surface area contributed by atoms with Crippen LogP contribution in [0.5, 0.6) is 11.5 Å². The Hall–Kier alpha value is -3.00. The summed E-state index contributed by atoms with van der Waals surface area (Å²) >= 11 is 1.11. The summed E-state index contributed by atoms with van der Waals surface area (Å²) in [5.74, 6) is 0.775. The molecule has 8 heteroatoms. The Kier molecular flexibility index (Phi) is 6.36. The first-order valence-corrected chi connectivity index (χ1v) is 10.4. The smallest absolute Gasteiger partial charge is 0.313 e. The van der Waals surface area contributed by atoms with E-state index < -0.39 is 5.97 Å². The van der Waals surface area contributed by atoms with Crippen LogP contribution in [0.25, 0.3) is 17.1 Å². The fraction of sp³-hybridized carbons (Fsp3) is 0.318. The zero-order valence-electron chi connectivity index (χ0n) is 17.7. The molecular weight excluding hydrogens is 402 g/mol. The number of nitrogens with zero attached hydrogens (tertiary/aromatic N) is 3. The number of ether oxygens (including phenoxy) is 2. The van der Waals surface area contributed by atoms with Gasteiger partial charge in [-0.05, 0) is 23.1 Å². The molecule has 0 saturated carbocycles. The first-order valence-electron chi connectivity index (χ1n) is 9.38. The third kappa shape index (κ3) is 4.59. The minimum atomic E-state index is -0.924. The van der Waals surface area contributed by atoms with Crippen molar-refractivity contribution in [3.63, 3.8) is 0 Å². The number of methoxy groups -OCH3 is 2. The van der Waals surface area contributed by atoms with Crippen molar-refractivity contribution in [2.75, 3.05) is 20.0 Å². The molecule has 1 aromatic heterocycles. The summed E-state index contributed by atoms with van der Waals surface area (Å²) in [5.41, 5.74) is 2.81. The highest BCUT2D eigenvalue weighted by Crippen LogP contribution is 2.35. The van der Waals surface area contributed by atoms with Gasteiger partial charge in [-0.25, -0.2) is 0 Å². The molecule has 3 rings (SSSR count). The molecule has 0 aliphatic rings. The van der Waals surface area contributed by atoms with Crippen molar-refractivity contribution in [3.05, 3.63) is 48.0 Å². The molecular formula is C22H25N3O4S. The zero-order chi connectivity index (χ0) is 21.9. The monoisotopic (exact) mass is 427 g/mol. The number of aliphatic carboxylic acids is 1. The van der Waals surface area contributed by atoms with Crippen LogP contribution in [0, 0.1) is 0 Å². The number of aromatic nitrogens is 3. The second kappa shape index (κ2) is 8.79. The van der Waals surface area contributed by atoms with Gasteiger partial charge in [-0.3, -0.25) is 9.36 Å². The molecule has 0 radical (unpaired) electrons. The van der Waals surface area contributed by atoms with Crippen LogP contribution in [0.4, 0.5) is 0 Å². The molecule has 0 atom stereocenters. The highest BCUT2D eigenvalue weighted by atomic mass is 32.2. The Bertz CT molecular complexity index is 1040. The fourth-order valence-electron chi connectivity index (χ4n) is 2.98. The second-order valence-corrected chi connectivity index (χ2v) is 8.63. The van der Waals surface area contributed by atoms with Gasteiger partial charge in [0.25, 0.3) is 0 Å². The summed E-state index contributed by atoms with van der Waals surface area (Å²) in [6, 6.07) is 13.6.